The molecule has 2 aliphatic carbocycles. The Kier molecular flexibility index (Phi) is 2.24. The number of aromatic hydroxyl groups is 2. The van der Waals surface area contributed by atoms with E-state index in [1.54, 1.807) is 12.1 Å². The van der Waals surface area contributed by atoms with Crippen LogP contribution in [0.5, 0.6) is 11.5 Å². The number of phenols is 2. The molecule has 0 heterocycles. The molecule has 0 saturated heterocycles. The van der Waals surface area contributed by atoms with E-state index in [2.05, 4.69) is 19.1 Å². The van der Waals surface area contributed by atoms with E-state index in [0.717, 1.165) is 19.3 Å². The summed E-state index contributed by atoms with van der Waals surface area (Å²) in [6.45, 7) is 2.27. The summed E-state index contributed by atoms with van der Waals surface area (Å²) in [6.07, 6.45) is 3.16. The molecular formula is C18H18O2. The van der Waals surface area contributed by atoms with Crippen molar-refractivity contribution < 1.29 is 10.2 Å². The molecule has 0 aromatic heterocycles. The van der Waals surface area contributed by atoms with Gasteiger partial charge in [-0.1, -0.05) is 19.1 Å². The lowest BCUT2D eigenvalue weighted by Crippen LogP contribution is -2.25. The van der Waals surface area contributed by atoms with E-state index in [1.807, 2.05) is 12.1 Å². The van der Waals surface area contributed by atoms with Crippen LogP contribution in [0.2, 0.25) is 0 Å². The van der Waals surface area contributed by atoms with Crippen molar-refractivity contribution in [1.29, 1.82) is 0 Å². The van der Waals surface area contributed by atoms with Gasteiger partial charge in [0.25, 0.3) is 0 Å². The van der Waals surface area contributed by atoms with E-state index >= 15 is 0 Å². The van der Waals surface area contributed by atoms with Gasteiger partial charge in [-0.3, -0.25) is 0 Å². The zero-order valence-corrected chi connectivity index (χ0v) is 11.6. The maximum atomic E-state index is 9.72. The summed E-state index contributed by atoms with van der Waals surface area (Å²) in [5.74, 6) is 1.17. The number of hydrogen-bond acceptors (Lipinski definition) is 2. The smallest absolute Gasteiger partial charge is 0.115 e. The van der Waals surface area contributed by atoms with Gasteiger partial charge in [0.05, 0.1) is 0 Å². The monoisotopic (exact) mass is 266 g/mol. The van der Waals surface area contributed by atoms with E-state index < -0.39 is 0 Å². The Bertz CT molecular complexity index is 701. The van der Waals surface area contributed by atoms with E-state index in [1.165, 1.54) is 22.3 Å². The van der Waals surface area contributed by atoms with Crippen LogP contribution in [0.25, 0.3) is 0 Å². The van der Waals surface area contributed by atoms with Gasteiger partial charge in [-0.15, -0.1) is 0 Å². The predicted molar refractivity (Wildman–Crippen MR) is 78.2 cm³/mol. The number of hydrogen-bond donors (Lipinski definition) is 2. The molecule has 2 atom stereocenters. The van der Waals surface area contributed by atoms with Gasteiger partial charge in [-0.2, -0.15) is 0 Å². The van der Waals surface area contributed by atoms with Crippen molar-refractivity contribution in [3.05, 3.63) is 58.7 Å². The van der Waals surface area contributed by atoms with Crippen LogP contribution < -0.4 is 0 Å². The molecule has 0 saturated carbocycles. The van der Waals surface area contributed by atoms with Crippen molar-refractivity contribution in [3.8, 4) is 11.5 Å². The molecule has 0 radical (unpaired) electrons. The fraction of sp³-hybridized carbons (Fsp3) is 0.333. The van der Waals surface area contributed by atoms with Gasteiger partial charge in [0, 0.05) is 0 Å². The van der Waals surface area contributed by atoms with Gasteiger partial charge in [0.1, 0.15) is 11.5 Å². The third kappa shape index (κ3) is 1.51. The zero-order chi connectivity index (χ0) is 13.9. The molecule has 2 unspecified atom stereocenters. The Morgan fingerprint density at radius 3 is 2.25 bits per heavy atom. The average Bonchev–Trinajstić information content (AvgIpc) is 2.89. The molecule has 102 valence electrons. The Balaban J connectivity index is 1.76. The van der Waals surface area contributed by atoms with E-state index in [-0.39, 0.29) is 5.41 Å². The summed E-state index contributed by atoms with van der Waals surface area (Å²) in [5.41, 5.74) is 5.54. The second-order valence-corrected chi connectivity index (χ2v) is 6.45. The Hall–Kier alpha value is -1.96. The number of phenolic OH excluding ortho intramolecular Hbond substituents is 2. The summed E-state index contributed by atoms with van der Waals surface area (Å²) in [7, 11) is 0. The highest BCUT2D eigenvalue weighted by molar-refractivity contribution is 5.48. The maximum absolute atomic E-state index is 9.72. The fourth-order valence-corrected chi connectivity index (χ4v) is 4.21. The molecule has 1 spiro atoms. The summed E-state index contributed by atoms with van der Waals surface area (Å²) in [6, 6.07) is 11.5. The van der Waals surface area contributed by atoms with Crippen molar-refractivity contribution in [2.45, 2.75) is 32.1 Å². The molecule has 4 rings (SSSR count). The highest BCUT2D eigenvalue weighted by Crippen LogP contribution is 2.55. The van der Waals surface area contributed by atoms with Crippen molar-refractivity contribution in [2.24, 2.45) is 5.41 Å². The second kappa shape index (κ2) is 3.78. The summed E-state index contributed by atoms with van der Waals surface area (Å²) < 4.78 is 0. The van der Waals surface area contributed by atoms with Crippen molar-refractivity contribution in [3.63, 3.8) is 0 Å². The van der Waals surface area contributed by atoms with Crippen molar-refractivity contribution in [2.75, 3.05) is 0 Å². The highest BCUT2D eigenvalue weighted by atomic mass is 16.3. The lowest BCUT2D eigenvalue weighted by Gasteiger charge is -2.29. The topological polar surface area (TPSA) is 40.5 Å². The molecular weight excluding hydrogens is 248 g/mol. The fourth-order valence-electron chi connectivity index (χ4n) is 4.21. The second-order valence-electron chi connectivity index (χ2n) is 6.45. The Labute approximate surface area is 118 Å². The molecule has 2 nitrogen and oxygen atoms in total. The van der Waals surface area contributed by atoms with Crippen LogP contribution in [0.3, 0.4) is 0 Å². The van der Waals surface area contributed by atoms with Crippen molar-refractivity contribution >= 4 is 0 Å². The first kappa shape index (κ1) is 11.8. The van der Waals surface area contributed by atoms with E-state index in [4.69, 9.17) is 0 Å². The van der Waals surface area contributed by atoms with Gasteiger partial charge < -0.3 is 10.2 Å². The molecule has 0 bridgehead atoms. The first-order valence-corrected chi connectivity index (χ1v) is 7.20. The Morgan fingerprint density at radius 2 is 1.45 bits per heavy atom. The third-order valence-corrected chi connectivity index (χ3v) is 5.33. The molecule has 2 aromatic rings. The summed E-state index contributed by atoms with van der Waals surface area (Å²) in [4.78, 5) is 0. The lowest BCUT2D eigenvalue weighted by molar-refractivity contribution is 0.273. The third-order valence-electron chi connectivity index (χ3n) is 5.33. The molecule has 0 aliphatic heterocycles. The van der Waals surface area contributed by atoms with Crippen LogP contribution in [0.15, 0.2) is 36.4 Å². The molecule has 2 aliphatic rings. The molecule has 0 amide bonds. The standard InChI is InChI=1S/C18H18O2/c1-11-17-7-16(20)5-3-13(17)9-18(11)8-12-2-4-15(19)6-14(12)10-18/h2-7,11,19-20H,8-10H2,1H3. The minimum atomic E-state index is 0.228. The SMILES string of the molecule is CC1c2cc(O)ccc2CC12Cc1ccc(O)cc1C2. The lowest BCUT2D eigenvalue weighted by atomic mass is 9.74. The summed E-state index contributed by atoms with van der Waals surface area (Å²) >= 11 is 0. The molecule has 0 fully saturated rings. The van der Waals surface area contributed by atoms with Crippen LogP contribution in [-0.2, 0) is 19.3 Å². The number of benzene rings is 2. The van der Waals surface area contributed by atoms with Crippen LogP contribution in [0.4, 0.5) is 0 Å². The first-order chi connectivity index (χ1) is 9.57. The van der Waals surface area contributed by atoms with Crippen LogP contribution in [-0.4, -0.2) is 10.2 Å². The largest absolute Gasteiger partial charge is 0.508 e. The molecule has 2 N–H and O–H groups in total. The van der Waals surface area contributed by atoms with Gasteiger partial charge in [0.2, 0.25) is 0 Å². The van der Waals surface area contributed by atoms with Crippen molar-refractivity contribution in [1.82, 2.24) is 0 Å². The normalized spacial score (nSPS) is 26.8. The van der Waals surface area contributed by atoms with Gasteiger partial charge in [-0.05, 0) is 77.1 Å². The van der Waals surface area contributed by atoms with E-state index in [0.29, 0.717) is 17.4 Å². The summed E-state index contributed by atoms with van der Waals surface area (Å²) in [5, 5.41) is 19.4. The quantitative estimate of drug-likeness (QED) is 0.765. The average molecular weight is 266 g/mol. The molecule has 2 heteroatoms. The predicted octanol–water partition coefficient (Wildman–Crippen LogP) is 3.54. The first-order valence-electron chi connectivity index (χ1n) is 7.20. The van der Waals surface area contributed by atoms with Gasteiger partial charge in [-0.25, -0.2) is 0 Å². The minimum Gasteiger partial charge on any atom is -0.508 e. The van der Waals surface area contributed by atoms with Gasteiger partial charge >= 0.3 is 0 Å². The Morgan fingerprint density at radius 1 is 0.850 bits per heavy atom. The van der Waals surface area contributed by atoms with Crippen LogP contribution in [0.1, 0.15) is 35.1 Å². The maximum Gasteiger partial charge on any atom is 0.115 e. The minimum absolute atomic E-state index is 0.228. The number of rotatable bonds is 0. The molecule has 20 heavy (non-hydrogen) atoms. The highest BCUT2D eigenvalue weighted by Gasteiger charge is 2.47. The van der Waals surface area contributed by atoms with Crippen LogP contribution >= 0.6 is 0 Å². The van der Waals surface area contributed by atoms with Crippen LogP contribution in [0, 0.1) is 5.41 Å². The van der Waals surface area contributed by atoms with E-state index in [9.17, 15) is 10.2 Å². The number of fused-ring (bicyclic) bond motifs is 2. The zero-order valence-electron chi connectivity index (χ0n) is 11.6. The van der Waals surface area contributed by atoms with Gasteiger partial charge in [0.15, 0.2) is 0 Å². The molecule has 2 aromatic carbocycles.